The fourth-order valence-electron chi connectivity index (χ4n) is 4.25. The number of carbonyl (C=O) groups excluding carboxylic acids is 1. The summed E-state index contributed by atoms with van der Waals surface area (Å²) in [5.74, 6) is -0.558. The van der Waals surface area contributed by atoms with E-state index in [2.05, 4.69) is 5.32 Å². The molecule has 2 atom stereocenters. The quantitative estimate of drug-likeness (QED) is 0.522. The number of aromatic nitrogens is 1. The Morgan fingerprint density at radius 3 is 2.60 bits per heavy atom. The fraction of sp³-hybridized carbons (Fsp3) is 0.308. The van der Waals surface area contributed by atoms with Crippen LogP contribution in [0.4, 0.5) is 8.78 Å². The summed E-state index contributed by atoms with van der Waals surface area (Å²) in [6.07, 6.45) is 1.16. The Morgan fingerprint density at radius 1 is 1.23 bits per heavy atom. The molecule has 1 fully saturated rings. The smallest absolute Gasteiger partial charge is 0.263 e. The lowest BCUT2D eigenvalue weighted by Gasteiger charge is -2.21. The monoisotopic (exact) mass is 500 g/mol. The molecule has 2 heterocycles. The molecule has 1 aliphatic heterocycles. The zero-order chi connectivity index (χ0) is 25.1. The van der Waals surface area contributed by atoms with E-state index in [1.807, 2.05) is 4.57 Å². The molecule has 6 nitrogen and oxygen atoms in total. The van der Waals surface area contributed by atoms with Gasteiger partial charge in [0.1, 0.15) is 5.56 Å². The molecule has 1 amide bonds. The van der Waals surface area contributed by atoms with Crippen LogP contribution in [-0.4, -0.2) is 34.2 Å². The second-order valence-electron chi connectivity index (χ2n) is 8.46. The molecule has 0 radical (unpaired) electrons. The molecule has 9 heteroatoms. The third kappa shape index (κ3) is 5.41. The number of nitrogens with one attached hydrogen (secondary N) is 1. The predicted molar refractivity (Wildman–Crippen MR) is 130 cm³/mol. The van der Waals surface area contributed by atoms with Crippen molar-refractivity contribution < 1.29 is 22.5 Å². The van der Waals surface area contributed by atoms with Crippen LogP contribution in [0.25, 0.3) is 11.1 Å². The average Bonchev–Trinajstić information content (AvgIpc) is 3.38. The first-order valence-corrected chi connectivity index (χ1v) is 12.7. The Balaban J connectivity index is 1.72. The molecule has 0 saturated carbocycles. The van der Waals surface area contributed by atoms with E-state index in [1.165, 1.54) is 24.4 Å². The number of nitrogens with zero attached hydrogens (tertiary/aromatic N) is 1. The van der Waals surface area contributed by atoms with Crippen LogP contribution in [0.2, 0.25) is 0 Å². The van der Waals surface area contributed by atoms with Crippen LogP contribution in [0, 0.1) is 6.92 Å². The molecule has 1 aliphatic rings. The number of hydrogen-bond acceptors (Lipinski definition) is 4. The van der Waals surface area contributed by atoms with Gasteiger partial charge in [-0.2, -0.15) is 0 Å². The normalized spacial score (nSPS) is 16.4. The lowest BCUT2D eigenvalue weighted by Crippen LogP contribution is -2.31. The molecule has 1 N–H and O–H groups in total. The zero-order valence-electron chi connectivity index (χ0n) is 19.4. The minimum absolute atomic E-state index is 0.0637. The van der Waals surface area contributed by atoms with Crippen LogP contribution < -0.4 is 10.7 Å². The molecule has 0 bridgehead atoms. The van der Waals surface area contributed by atoms with E-state index in [4.69, 9.17) is 4.74 Å². The molecule has 0 spiro atoms. The summed E-state index contributed by atoms with van der Waals surface area (Å²) in [5, 5.41) is 2.77. The number of hydrogen-bond donors (Lipinski definition) is 1. The number of ether oxygens (including phenoxy) is 1. The third-order valence-corrected chi connectivity index (χ3v) is 7.10. The molecule has 2 aromatic carbocycles. The second kappa shape index (κ2) is 10.6. The number of pyridine rings is 1. The van der Waals surface area contributed by atoms with Crippen molar-refractivity contribution in [3.8, 4) is 11.1 Å². The minimum atomic E-state index is -2.68. The Hall–Kier alpha value is -3.17. The number of halogens is 2. The summed E-state index contributed by atoms with van der Waals surface area (Å²) in [5.41, 5.74) is 1.18. The standard InChI is InChI=1S/C26H26F2N2O4S/c1-16-23(18-4-3-5-19(12-18)25(27)28)24(31)22(14-30(16)20-10-11-34-15-20)26(32)29-13-17-6-8-21(9-7-17)35(2)33/h3-9,12,14,20,25H,10-11,13,15H2,1-2H3,(H,29,32). The van der Waals surface area contributed by atoms with Gasteiger partial charge < -0.3 is 14.6 Å². The minimum Gasteiger partial charge on any atom is -0.379 e. The highest BCUT2D eigenvalue weighted by atomic mass is 32.2. The first kappa shape index (κ1) is 24.9. The maximum Gasteiger partial charge on any atom is 0.263 e. The molecule has 184 valence electrons. The van der Waals surface area contributed by atoms with Crippen molar-refractivity contribution in [3.05, 3.63) is 87.3 Å². The molecular weight excluding hydrogens is 474 g/mol. The van der Waals surface area contributed by atoms with Crippen LogP contribution in [-0.2, 0) is 22.1 Å². The topological polar surface area (TPSA) is 77.4 Å². The Morgan fingerprint density at radius 2 is 1.97 bits per heavy atom. The van der Waals surface area contributed by atoms with E-state index in [9.17, 15) is 22.6 Å². The maximum absolute atomic E-state index is 13.5. The van der Waals surface area contributed by atoms with E-state index < -0.39 is 28.6 Å². The van der Waals surface area contributed by atoms with Crippen molar-refractivity contribution in [2.45, 2.75) is 37.3 Å². The van der Waals surface area contributed by atoms with Crippen molar-refractivity contribution in [1.82, 2.24) is 9.88 Å². The Bertz CT molecular complexity index is 1320. The van der Waals surface area contributed by atoms with Crippen LogP contribution >= 0.6 is 0 Å². The summed E-state index contributed by atoms with van der Waals surface area (Å²) < 4.78 is 45.6. The van der Waals surface area contributed by atoms with Gasteiger partial charge in [-0.1, -0.05) is 30.3 Å². The van der Waals surface area contributed by atoms with Crippen molar-refractivity contribution in [2.24, 2.45) is 0 Å². The molecule has 1 aromatic heterocycles. The molecule has 35 heavy (non-hydrogen) atoms. The largest absolute Gasteiger partial charge is 0.379 e. The molecular formula is C26H26F2N2O4S. The van der Waals surface area contributed by atoms with Gasteiger partial charge in [-0.25, -0.2) is 8.78 Å². The molecule has 2 unspecified atom stereocenters. The summed E-state index contributed by atoms with van der Waals surface area (Å²) in [4.78, 5) is 27.3. The maximum atomic E-state index is 13.5. The van der Waals surface area contributed by atoms with Crippen LogP contribution in [0.5, 0.6) is 0 Å². The van der Waals surface area contributed by atoms with Gasteiger partial charge in [-0.3, -0.25) is 13.8 Å². The van der Waals surface area contributed by atoms with E-state index in [0.29, 0.717) is 35.8 Å². The van der Waals surface area contributed by atoms with Crippen LogP contribution in [0.15, 0.2) is 64.4 Å². The van der Waals surface area contributed by atoms with Gasteiger partial charge in [0.15, 0.2) is 0 Å². The molecule has 3 aromatic rings. The Kier molecular flexibility index (Phi) is 7.57. The highest BCUT2D eigenvalue weighted by molar-refractivity contribution is 7.84. The van der Waals surface area contributed by atoms with E-state index in [0.717, 1.165) is 5.56 Å². The highest BCUT2D eigenvalue weighted by Gasteiger charge is 2.25. The predicted octanol–water partition coefficient (Wildman–Crippen LogP) is 4.39. The van der Waals surface area contributed by atoms with Gasteiger partial charge in [0.05, 0.1) is 12.6 Å². The van der Waals surface area contributed by atoms with Crippen LogP contribution in [0.3, 0.4) is 0 Å². The van der Waals surface area contributed by atoms with Crippen molar-refractivity contribution >= 4 is 16.7 Å². The Labute approximate surface area is 204 Å². The van der Waals surface area contributed by atoms with Crippen molar-refractivity contribution in [1.29, 1.82) is 0 Å². The van der Waals surface area contributed by atoms with Gasteiger partial charge in [0, 0.05) is 58.1 Å². The van der Waals surface area contributed by atoms with Gasteiger partial charge in [0.25, 0.3) is 12.3 Å². The number of alkyl halides is 2. The summed E-state index contributed by atoms with van der Waals surface area (Å²) in [6, 6.07) is 12.6. The van der Waals surface area contributed by atoms with Crippen LogP contribution in [0.1, 0.15) is 46.1 Å². The molecule has 4 rings (SSSR count). The fourth-order valence-corrected chi connectivity index (χ4v) is 4.77. The first-order chi connectivity index (χ1) is 16.8. The highest BCUT2D eigenvalue weighted by Crippen LogP contribution is 2.29. The third-order valence-electron chi connectivity index (χ3n) is 6.17. The number of carbonyl (C=O) groups is 1. The van der Waals surface area contributed by atoms with Crippen molar-refractivity contribution in [3.63, 3.8) is 0 Å². The van der Waals surface area contributed by atoms with Gasteiger partial charge in [-0.15, -0.1) is 0 Å². The van der Waals surface area contributed by atoms with E-state index >= 15 is 0 Å². The lowest BCUT2D eigenvalue weighted by molar-refractivity contribution is 0.0948. The molecule has 0 aliphatic carbocycles. The van der Waals surface area contributed by atoms with Gasteiger partial charge >= 0.3 is 0 Å². The number of amides is 1. The summed E-state index contributed by atoms with van der Waals surface area (Å²) in [7, 11) is -1.10. The van der Waals surface area contributed by atoms with Gasteiger partial charge in [-0.05, 0) is 42.7 Å². The van der Waals surface area contributed by atoms with E-state index in [1.54, 1.807) is 43.5 Å². The SMILES string of the molecule is Cc1c(-c2cccc(C(F)F)c2)c(=O)c(C(=O)NCc2ccc(S(C)=O)cc2)cn1C1CCOC1. The average molecular weight is 501 g/mol. The van der Waals surface area contributed by atoms with E-state index in [-0.39, 0.29) is 29.3 Å². The number of benzene rings is 2. The van der Waals surface area contributed by atoms with Crippen molar-refractivity contribution in [2.75, 3.05) is 19.5 Å². The first-order valence-electron chi connectivity index (χ1n) is 11.2. The second-order valence-corrected chi connectivity index (χ2v) is 9.84. The summed E-state index contributed by atoms with van der Waals surface area (Å²) in [6.45, 7) is 2.93. The molecule has 1 saturated heterocycles. The van der Waals surface area contributed by atoms with Gasteiger partial charge in [0.2, 0.25) is 5.43 Å². The zero-order valence-corrected chi connectivity index (χ0v) is 20.2. The summed E-state index contributed by atoms with van der Waals surface area (Å²) >= 11 is 0. The number of rotatable bonds is 7. The lowest BCUT2D eigenvalue weighted by atomic mass is 9.98.